The molecule has 1 aromatic heterocycles. The van der Waals surface area contributed by atoms with Crippen LogP contribution in [0, 0.1) is 5.92 Å². The standard InChI is InChI=1S/C29H38N6O4S/c1-20(2)17-30-18-21-7-12-26-22(15-21)5-4-6-27(26)34-19-23(32-33-34)16-28-29(36)31-13-14-35(28)40(37,38)25-10-8-24(39-3)9-11-25/h7-12,15,19-20,27-28,30H,4-6,13-14,16-18H2,1-3H3,(H,31,36)/t27-,28?/m1/s1. The number of aromatic nitrogens is 3. The third-order valence-electron chi connectivity index (χ3n) is 7.60. The maximum absolute atomic E-state index is 13.5. The van der Waals surface area contributed by atoms with Gasteiger partial charge >= 0.3 is 0 Å². The number of hydrogen-bond acceptors (Lipinski definition) is 7. The average molecular weight is 567 g/mol. The molecule has 10 nitrogen and oxygen atoms in total. The maximum atomic E-state index is 13.5. The van der Waals surface area contributed by atoms with E-state index in [2.05, 4.69) is 53.0 Å². The van der Waals surface area contributed by atoms with Crippen LogP contribution in [0.4, 0.5) is 0 Å². The number of hydrogen-bond donors (Lipinski definition) is 2. The number of piperazine rings is 1. The van der Waals surface area contributed by atoms with Crippen LogP contribution in [0.25, 0.3) is 0 Å². The lowest BCUT2D eigenvalue weighted by molar-refractivity contribution is -0.126. The molecule has 2 aromatic carbocycles. The number of ether oxygens (including phenoxy) is 1. The first-order valence-corrected chi connectivity index (χ1v) is 15.4. The van der Waals surface area contributed by atoms with Crippen molar-refractivity contribution in [2.24, 2.45) is 5.92 Å². The molecule has 0 saturated carbocycles. The summed E-state index contributed by atoms with van der Waals surface area (Å²) >= 11 is 0. The third-order valence-corrected chi connectivity index (χ3v) is 9.52. The van der Waals surface area contributed by atoms with Crippen molar-refractivity contribution >= 4 is 15.9 Å². The molecule has 3 aromatic rings. The lowest BCUT2D eigenvalue weighted by Crippen LogP contribution is -2.57. The second-order valence-electron chi connectivity index (χ2n) is 11.0. The van der Waals surface area contributed by atoms with E-state index in [0.29, 0.717) is 17.4 Å². The Balaban J connectivity index is 1.33. The highest BCUT2D eigenvalue weighted by molar-refractivity contribution is 7.89. The van der Waals surface area contributed by atoms with E-state index in [-0.39, 0.29) is 36.4 Å². The van der Waals surface area contributed by atoms with Gasteiger partial charge in [0.1, 0.15) is 11.8 Å². The smallest absolute Gasteiger partial charge is 0.243 e. The highest BCUT2D eigenvalue weighted by Gasteiger charge is 2.39. The van der Waals surface area contributed by atoms with Crippen LogP contribution in [0.5, 0.6) is 5.75 Å². The molecule has 214 valence electrons. The van der Waals surface area contributed by atoms with Crippen molar-refractivity contribution in [1.82, 2.24) is 29.9 Å². The van der Waals surface area contributed by atoms with Gasteiger partial charge in [0.05, 0.1) is 23.7 Å². The number of aryl methyl sites for hydroxylation is 1. The lowest BCUT2D eigenvalue weighted by atomic mass is 9.86. The number of amides is 1. The second-order valence-corrected chi connectivity index (χ2v) is 12.8. The molecule has 1 aliphatic carbocycles. The SMILES string of the molecule is COc1ccc(S(=O)(=O)N2CCNC(=O)C2Cc2cn([C@@H]3CCCc4cc(CNCC(C)C)ccc43)nn2)cc1. The molecule has 11 heteroatoms. The molecular formula is C29H38N6O4S. The van der Waals surface area contributed by atoms with Crippen LogP contribution in [0.1, 0.15) is 55.1 Å². The minimum atomic E-state index is -3.90. The molecule has 1 fully saturated rings. The summed E-state index contributed by atoms with van der Waals surface area (Å²) in [6, 6.07) is 12.0. The summed E-state index contributed by atoms with van der Waals surface area (Å²) in [7, 11) is -2.38. The molecule has 0 bridgehead atoms. The summed E-state index contributed by atoms with van der Waals surface area (Å²) in [6.07, 6.45) is 5.03. The van der Waals surface area contributed by atoms with Crippen LogP contribution >= 0.6 is 0 Å². The molecule has 0 radical (unpaired) electrons. The maximum Gasteiger partial charge on any atom is 0.243 e. The number of nitrogens with zero attached hydrogens (tertiary/aromatic N) is 4. The van der Waals surface area contributed by atoms with Crippen LogP contribution < -0.4 is 15.4 Å². The van der Waals surface area contributed by atoms with Crippen molar-refractivity contribution in [2.75, 3.05) is 26.7 Å². The monoisotopic (exact) mass is 566 g/mol. The Labute approximate surface area is 236 Å². The number of methoxy groups -OCH3 is 1. The van der Waals surface area contributed by atoms with Crippen LogP contribution in [-0.4, -0.2) is 66.4 Å². The minimum absolute atomic E-state index is 0.0574. The molecule has 1 unspecified atom stereocenters. The fraction of sp³-hybridized carbons (Fsp3) is 0.483. The Hall–Kier alpha value is -3.28. The molecule has 5 rings (SSSR count). The number of nitrogens with one attached hydrogen (secondary N) is 2. The number of fused-ring (bicyclic) bond motifs is 1. The molecule has 2 aliphatic rings. The molecule has 40 heavy (non-hydrogen) atoms. The summed E-state index contributed by atoms with van der Waals surface area (Å²) < 4.78 is 35.3. The molecule has 2 atom stereocenters. The van der Waals surface area contributed by atoms with Gasteiger partial charge in [-0.2, -0.15) is 4.31 Å². The zero-order valence-corrected chi connectivity index (χ0v) is 24.2. The second kappa shape index (κ2) is 12.1. The Bertz CT molecular complexity index is 1440. The largest absolute Gasteiger partial charge is 0.497 e. The Kier molecular flexibility index (Phi) is 8.53. The predicted molar refractivity (Wildman–Crippen MR) is 151 cm³/mol. The number of rotatable bonds is 10. The quantitative estimate of drug-likeness (QED) is 0.387. The van der Waals surface area contributed by atoms with Crippen molar-refractivity contribution in [3.05, 3.63) is 71.0 Å². The molecular weight excluding hydrogens is 528 g/mol. The van der Waals surface area contributed by atoms with E-state index in [9.17, 15) is 13.2 Å². The van der Waals surface area contributed by atoms with Crippen LogP contribution in [0.3, 0.4) is 0 Å². The van der Waals surface area contributed by atoms with Gasteiger partial charge in [-0.1, -0.05) is 37.3 Å². The third kappa shape index (κ3) is 6.06. The van der Waals surface area contributed by atoms with Crippen molar-refractivity contribution < 1.29 is 17.9 Å². The average Bonchev–Trinajstić information content (AvgIpc) is 3.42. The van der Waals surface area contributed by atoms with Gasteiger partial charge in [0.2, 0.25) is 15.9 Å². The van der Waals surface area contributed by atoms with Gasteiger partial charge in [-0.25, -0.2) is 13.1 Å². The Morgan fingerprint density at radius 3 is 2.73 bits per heavy atom. The Morgan fingerprint density at radius 2 is 1.98 bits per heavy atom. The fourth-order valence-electron chi connectivity index (χ4n) is 5.55. The highest BCUT2D eigenvalue weighted by atomic mass is 32.2. The van der Waals surface area contributed by atoms with E-state index >= 15 is 0 Å². The zero-order valence-electron chi connectivity index (χ0n) is 23.3. The van der Waals surface area contributed by atoms with E-state index < -0.39 is 16.1 Å². The van der Waals surface area contributed by atoms with E-state index in [1.807, 2.05) is 10.9 Å². The summed E-state index contributed by atoms with van der Waals surface area (Å²) in [5, 5.41) is 15.1. The number of sulfonamides is 1. The highest BCUT2D eigenvalue weighted by Crippen LogP contribution is 2.33. The molecule has 1 amide bonds. The summed E-state index contributed by atoms with van der Waals surface area (Å²) in [6.45, 7) is 6.68. The molecule has 0 spiro atoms. The van der Waals surface area contributed by atoms with Gasteiger partial charge in [-0.3, -0.25) is 4.79 Å². The first-order chi connectivity index (χ1) is 19.3. The lowest BCUT2D eigenvalue weighted by Gasteiger charge is -2.33. The number of carbonyl (C=O) groups is 1. The van der Waals surface area contributed by atoms with Gasteiger partial charge in [0.15, 0.2) is 0 Å². The van der Waals surface area contributed by atoms with Crippen LogP contribution in [0.2, 0.25) is 0 Å². The first-order valence-electron chi connectivity index (χ1n) is 13.9. The van der Waals surface area contributed by atoms with Crippen molar-refractivity contribution in [2.45, 2.75) is 63.1 Å². The van der Waals surface area contributed by atoms with E-state index in [1.165, 1.54) is 40.2 Å². The predicted octanol–water partition coefficient (Wildman–Crippen LogP) is 2.69. The van der Waals surface area contributed by atoms with Crippen molar-refractivity contribution in [1.29, 1.82) is 0 Å². The molecule has 1 saturated heterocycles. The van der Waals surface area contributed by atoms with Crippen LogP contribution in [-0.2, 0) is 34.2 Å². The van der Waals surface area contributed by atoms with Crippen molar-refractivity contribution in [3.8, 4) is 5.75 Å². The molecule has 1 aliphatic heterocycles. The molecule has 2 heterocycles. The topological polar surface area (TPSA) is 118 Å². The Morgan fingerprint density at radius 1 is 1.18 bits per heavy atom. The first kappa shape index (κ1) is 28.3. The van der Waals surface area contributed by atoms with E-state index in [1.54, 1.807) is 12.1 Å². The summed E-state index contributed by atoms with van der Waals surface area (Å²) in [5.41, 5.74) is 4.44. The number of benzene rings is 2. The minimum Gasteiger partial charge on any atom is -0.497 e. The molecule has 2 N–H and O–H groups in total. The van der Waals surface area contributed by atoms with Gasteiger partial charge in [-0.15, -0.1) is 5.10 Å². The van der Waals surface area contributed by atoms with Gasteiger partial charge < -0.3 is 15.4 Å². The van der Waals surface area contributed by atoms with Gasteiger partial charge in [0.25, 0.3) is 0 Å². The zero-order chi connectivity index (χ0) is 28.3. The van der Waals surface area contributed by atoms with Gasteiger partial charge in [0, 0.05) is 32.3 Å². The fourth-order valence-corrected chi connectivity index (χ4v) is 7.14. The van der Waals surface area contributed by atoms with Crippen LogP contribution in [0.15, 0.2) is 53.6 Å². The number of carbonyl (C=O) groups excluding carboxylic acids is 1. The summed E-state index contributed by atoms with van der Waals surface area (Å²) in [4.78, 5) is 13.0. The normalized spacial score (nSPS) is 19.9. The van der Waals surface area contributed by atoms with Gasteiger partial charge in [-0.05, 0) is 72.7 Å². The van der Waals surface area contributed by atoms with Crippen molar-refractivity contribution in [3.63, 3.8) is 0 Å². The van der Waals surface area contributed by atoms with E-state index in [0.717, 1.165) is 32.4 Å². The van der Waals surface area contributed by atoms with E-state index in [4.69, 9.17) is 4.74 Å². The summed E-state index contributed by atoms with van der Waals surface area (Å²) in [5.74, 6) is 0.837.